The molecule has 1 N–H and O–H groups in total. The molecule has 1 aliphatic rings. The van der Waals surface area contributed by atoms with Gasteiger partial charge in [0, 0.05) is 14.2 Å². The minimum absolute atomic E-state index is 0.316. The zero-order chi connectivity index (χ0) is 13.3. The van der Waals surface area contributed by atoms with Gasteiger partial charge in [-0.1, -0.05) is 11.6 Å². The van der Waals surface area contributed by atoms with Crippen molar-refractivity contribution in [1.29, 1.82) is 0 Å². The van der Waals surface area contributed by atoms with E-state index in [1.165, 1.54) is 0 Å². The number of rotatable bonds is 4. The zero-order valence-electron chi connectivity index (χ0n) is 10.8. The molecular weight excluding hydrogens is 234 g/mol. The van der Waals surface area contributed by atoms with Crippen LogP contribution < -0.4 is 4.90 Å². The molecule has 1 heterocycles. The first-order valence-corrected chi connectivity index (χ1v) is 5.70. The first-order valence-electron chi connectivity index (χ1n) is 5.70. The number of hydrogen-bond donors (Lipinski definition) is 1. The van der Waals surface area contributed by atoms with Crippen molar-refractivity contribution in [3.8, 4) is 0 Å². The van der Waals surface area contributed by atoms with E-state index in [4.69, 9.17) is 9.47 Å². The molecule has 0 saturated carbocycles. The molecule has 1 aliphatic heterocycles. The largest absolute Gasteiger partial charge is 0.478 e. The van der Waals surface area contributed by atoms with Gasteiger partial charge in [-0.25, -0.2) is 4.79 Å². The number of ether oxygens (including phenoxy) is 2. The Bertz CT molecular complexity index is 460. The summed E-state index contributed by atoms with van der Waals surface area (Å²) in [6.45, 7) is 2.94. The molecule has 18 heavy (non-hydrogen) atoms. The van der Waals surface area contributed by atoms with Crippen LogP contribution in [0.15, 0.2) is 18.2 Å². The van der Waals surface area contributed by atoms with Crippen molar-refractivity contribution in [3.05, 3.63) is 29.3 Å². The minimum atomic E-state index is -0.916. The molecule has 98 valence electrons. The van der Waals surface area contributed by atoms with Gasteiger partial charge in [0.2, 0.25) is 5.79 Å². The molecule has 5 heteroatoms. The van der Waals surface area contributed by atoms with Gasteiger partial charge in [-0.3, -0.25) is 0 Å². The SMILES string of the molecule is COC1(OC)CN(c2ccc(C)cc2C(=O)O)C1. The summed E-state index contributed by atoms with van der Waals surface area (Å²) in [7, 11) is 3.18. The van der Waals surface area contributed by atoms with Gasteiger partial charge in [0.05, 0.1) is 24.3 Å². The number of anilines is 1. The van der Waals surface area contributed by atoms with Crippen molar-refractivity contribution in [1.82, 2.24) is 0 Å². The maximum absolute atomic E-state index is 11.2. The number of carboxylic acids is 1. The summed E-state index contributed by atoms with van der Waals surface area (Å²) in [5.74, 6) is -1.53. The summed E-state index contributed by atoms with van der Waals surface area (Å²) in [6, 6.07) is 5.41. The number of methoxy groups -OCH3 is 2. The van der Waals surface area contributed by atoms with Gasteiger partial charge >= 0.3 is 5.97 Å². The average molecular weight is 251 g/mol. The lowest BCUT2D eigenvalue weighted by atomic mass is 10.0. The third kappa shape index (κ3) is 2.07. The van der Waals surface area contributed by atoms with Crippen LogP contribution in [0.2, 0.25) is 0 Å². The lowest BCUT2D eigenvalue weighted by molar-refractivity contribution is -0.219. The Hall–Kier alpha value is -1.59. The zero-order valence-corrected chi connectivity index (χ0v) is 10.8. The van der Waals surface area contributed by atoms with Crippen LogP contribution >= 0.6 is 0 Å². The molecule has 0 spiro atoms. The van der Waals surface area contributed by atoms with Gasteiger partial charge < -0.3 is 19.5 Å². The number of nitrogens with zero attached hydrogens (tertiary/aromatic N) is 1. The summed E-state index contributed by atoms with van der Waals surface area (Å²) in [5.41, 5.74) is 1.95. The second-order valence-electron chi connectivity index (χ2n) is 4.50. The number of carbonyl (C=O) groups is 1. The van der Waals surface area contributed by atoms with Gasteiger partial charge in [0.1, 0.15) is 0 Å². The minimum Gasteiger partial charge on any atom is -0.478 e. The van der Waals surface area contributed by atoms with Crippen LogP contribution in [0.5, 0.6) is 0 Å². The molecule has 2 rings (SSSR count). The van der Waals surface area contributed by atoms with Crippen molar-refractivity contribution >= 4 is 11.7 Å². The molecule has 1 aromatic rings. The quantitative estimate of drug-likeness (QED) is 0.822. The maximum atomic E-state index is 11.2. The summed E-state index contributed by atoms with van der Waals surface area (Å²) < 4.78 is 10.6. The van der Waals surface area contributed by atoms with Crippen LogP contribution in [0, 0.1) is 6.92 Å². The second kappa shape index (κ2) is 4.59. The van der Waals surface area contributed by atoms with Gasteiger partial charge in [-0.15, -0.1) is 0 Å². The van der Waals surface area contributed by atoms with Crippen molar-refractivity contribution < 1.29 is 19.4 Å². The summed E-state index contributed by atoms with van der Waals surface area (Å²) in [5, 5.41) is 9.21. The highest BCUT2D eigenvalue weighted by Crippen LogP contribution is 2.33. The van der Waals surface area contributed by atoms with Gasteiger partial charge in [0.15, 0.2) is 0 Å². The fraction of sp³-hybridized carbons (Fsp3) is 0.462. The lowest BCUT2D eigenvalue weighted by Gasteiger charge is -2.49. The summed E-state index contributed by atoms with van der Waals surface area (Å²) >= 11 is 0. The van der Waals surface area contributed by atoms with E-state index < -0.39 is 11.8 Å². The third-order valence-electron chi connectivity index (χ3n) is 3.33. The predicted octanol–water partition coefficient (Wildman–Crippen LogP) is 1.50. The smallest absolute Gasteiger partial charge is 0.337 e. The maximum Gasteiger partial charge on any atom is 0.337 e. The van der Waals surface area contributed by atoms with Crippen molar-refractivity contribution in [3.63, 3.8) is 0 Å². The van der Waals surface area contributed by atoms with Crippen LogP contribution in [0.1, 0.15) is 15.9 Å². The molecule has 0 unspecified atom stereocenters. The Morgan fingerprint density at radius 2 is 1.94 bits per heavy atom. The predicted molar refractivity (Wildman–Crippen MR) is 67.1 cm³/mol. The molecule has 0 radical (unpaired) electrons. The summed E-state index contributed by atoms with van der Waals surface area (Å²) in [6.07, 6.45) is 0. The number of hydrogen-bond acceptors (Lipinski definition) is 4. The molecule has 1 saturated heterocycles. The number of aryl methyl sites for hydroxylation is 1. The van der Waals surface area contributed by atoms with Crippen molar-refractivity contribution in [2.24, 2.45) is 0 Å². The van der Waals surface area contributed by atoms with E-state index in [0.717, 1.165) is 5.56 Å². The van der Waals surface area contributed by atoms with E-state index in [0.29, 0.717) is 24.3 Å². The summed E-state index contributed by atoms with van der Waals surface area (Å²) in [4.78, 5) is 13.2. The Morgan fingerprint density at radius 3 is 2.44 bits per heavy atom. The molecule has 0 aromatic heterocycles. The Balaban J connectivity index is 2.24. The van der Waals surface area contributed by atoms with E-state index in [9.17, 15) is 9.90 Å². The Labute approximate surface area is 106 Å². The number of benzene rings is 1. The molecule has 5 nitrogen and oxygen atoms in total. The highest BCUT2D eigenvalue weighted by Gasteiger charge is 2.44. The Morgan fingerprint density at radius 1 is 1.33 bits per heavy atom. The first-order chi connectivity index (χ1) is 8.51. The molecular formula is C13H17NO4. The van der Waals surface area contributed by atoms with Crippen LogP contribution in [-0.4, -0.2) is 44.2 Å². The molecule has 0 atom stereocenters. The molecule has 1 fully saturated rings. The van der Waals surface area contributed by atoms with E-state index in [-0.39, 0.29) is 0 Å². The standard InChI is InChI=1S/C13H17NO4/c1-9-4-5-11(10(6-9)12(15)16)14-7-13(8-14,17-2)18-3/h4-6H,7-8H2,1-3H3,(H,15,16). The average Bonchev–Trinajstić information content (AvgIpc) is 2.30. The van der Waals surface area contributed by atoms with Crippen LogP contribution in [-0.2, 0) is 9.47 Å². The monoisotopic (exact) mass is 251 g/mol. The fourth-order valence-electron chi connectivity index (χ4n) is 2.14. The highest BCUT2D eigenvalue weighted by atomic mass is 16.7. The molecule has 0 aliphatic carbocycles. The third-order valence-corrected chi connectivity index (χ3v) is 3.33. The fourth-order valence-corrected chi connectivity index (χ4v) is 2.14. The number of carboxylic acid groups (broad SMARTS) is 1. The van der Waals surface area contributed by atoms with Gasteiger partial charge in [0.25, 0.3) is 0 Å². The van der Waals surface area contributed by atoms with Crippen LogP contribution in [0.4, 0.5) is 5.69 Å². The Kier molecular flexibility index (Phi) is 3.28. The molecule has 1 aromatic carbocycles. The van der Waals surface area contributed by atoms with Crippen LogP contribution in [0.3, 0.4) is 0 Å². The molecule has 0 bridgehead atoms. The van der Waals surface area contributed by atoms with Crippen molar-refractivity contribution in [2.75, 3.05) is 32.2 Å². The topological polar surface area (TPSA) is 59.0 Å². The lowest BCUT2D eigenvalue weighted by Crippen LogP contribution is -2.64. The van der Waals surface area contributed by atoms with Gasteiger partial charge in [-0.05, 0) is 19.1 Å². The van der Waals surface area contributed by atoms with Gasteiger partial charge in [-0.2, -0.15) is 0 Å². The number of aromatic carboxylic acids is 1. The second-order valence-corrected chi connectivity index (χ2v) is 4.50. The highest BCUT2D eigenvalue weighted by molar-refractivity contribution is 5.95. The van der Waals surface area contributed by atoms with Crippen LogP contribution in [0.25, 0.3) is 0 Å². The molecule has 0 amide bonds. The van der Waals surface area contributed by atoms with E-state index >= 15 is 0 Å². The van der Waals surface area contributed by atoms with Crippen molar-refractivity contribution in [2.45, 2.75) is 12.7 Å². The normalized spacial score (nSPS) is 17.4. The van der Waals surface area contributed by atoms with E-state index in [1.807, 2.05) is 24.0 Å². The van der Waals surface area contributed by atoms with E-state index in [2.05, 4.69) is 0 Å². The first kappa shape index (κ1) is 12.9. The van der Waals surface area contributed by atoms with E-state index in [1.54, 1.807) is 20.3 Å².